The minimum Gasteiger partial charge on any atom is -0.418 e. The first-order valence-corrected chi connectivity index (χ1v) is 12.2. The molecule has 6 rings (SSSR count). The van der Waals surface area contributed by atoms with Crippen molar-refractivity contribution >= 4 is 11.6 Å². The third-order valence-corrected chi connectivity index (χ3v) is 6.36. The Balaban J connectivity index is 1.42. The molecule has 0 amide bonds. The third kappa shape index (κ3) is 5.07. The van der Waals surface area contributed by atoms with Crippen LogP contribution in [-0.4, -0.2) is 40.0 Å². The quantitative estimate of drug-likeness (QED) is 0.289. The van der Waals surface area contributed by atoms with Crippen molar-refractivity contribution < 1.29 is 8.81 Å². The normalized spacial score (nSPS) is 11.9. The van der Waals surface area contributed by atoms with Crippen molar-refractivity contribution in [1.29, 1.82) is 0 Å². The standard InChI is InChI=1S/C27H18ClFN8O2/c28-20-5-8-23(37-16-31-34-35-37)22(14-20)18-9-11-36(25(38)13-18)24(12-17-3-6-21(29)7-4-17)27-33-32-26(39-27)19-2-1-10-30-15-19/h1-11,13-16,24H,12H2/t24-/m1/s1. The topological polar surface area (TPSA) is 117 Å². The van der Waals surface area contributed by atoms with E-state index in [1.165, 1.54) is 33.8 Å². The molecule has 192 valence electrons. The molecular weight excluding hydrogens is 523 g/mol. The summed E-state index contributed by atoms with van der Waals surface area (Å²) < 4.78 is 22.6. The molecule has 6 aromatic rings. The maximum absolute atomic E-state index is 13.6. The van der Waals surface area contributed by atoms with E-state index in [2.05, 4.69) is 30.7 Å². The monoisotopic (exact) mass is 540 g/mol. The number of hydrogen-bond donors (Lipinski definition) is 0. The summed E-state index contributed by atoms with van der Waals surface area (Å²) in [5.74, 6) is 0.149. The highest BCUT2D eigenvalue weighted by Gasteiger charge is 2.24. The second-order valence-corrected chi connectivity index (χ2v) is 9.05. The maximum Gasteiger partial charge on any atom is 0.251 e. The average Bonchev–Trinajstić information content (AvgIpc) is 3.67. The SMILES string of the molecule is O=c1cc(-c2cc(Cl)ccc2-n2cnnn2)ccn1[C@H](Cc1ccc(F)cc1)c1nnc(-c2cccnc2)o1. The summed E-state index contributed by atoms with van der Waals surface area (Å²) in [5, 5.41) is 20.3. The van der Waals surface area contributed by atoms with Crippen molar-refractivity contribution in [3.8, 4) is 28.3 Å². The summed E-state index contributed by atoms with van der Waals surface area (Å²) in [7, 11) is 0. The Hall–Kier alpha value is -5.03. The molecule has 0 unspecified atom stereocenters. The van der Waals surface area contributed by atoms with E-state index >= 15 is 0 Å². The molecule has 0 fully saturated rings. The van der Waals surface area contributed by atoms with E-state index in [-0.39, 0.29) is 23.2 Å². The van der Waals surface area contributed by atoms with Gasteiger partial charge in [0.15, 0.2) is 0 Å². The van der Waals surface area contributed by atoms with Crippen LogP contribution in [-0.2, 0) is 6.42 Å². The number of rotatable bonds is 7. The molecular formula is C27H18ClFN8O2. The third-order valence-electron chi connectivity index (χ3n) is 6.13. The van der Waals surface area contributed by atoms with Crippen molar-refractivity contribution in [2.45, 2.75) is 12.5 Å². The lowest BCUT2D eigenvalue weighted by atomic mass is 10.0. The van der Waals surface area contributed by atoms with Crippen molar-refractivity contribution in [3.05, 3.63) is 124 Å². The van der Waals surface area contributed by atoms with Gasteiger partial charge in [0.1, 0.15) is 18.2 Å². The van der Waals surface area contributed by atoms with Crippen LogP contribution in [0.5, 0.6) is 0 Å². The first-order valence-electron chi connectivity index (χ1n) is 11.8. The van der Waals surface area contributed by atoms with Gasteiger partial charge in [0.25, 0.3) is 5.56 Å². The zero-order valence-electron chi connectivity index (χ0n) is 20.1. The molecule has 0 radical (unpaired) electrons. The van der Waals surface area contributed by atoms with Crippen LogP contribution in [0.4, 0.5) is 4.39 Å². The molecule has 0 aliphatic heterocycles. The largest absolute Gasteiger partial charge is 0.418 e. The summed E-state index contributed by atoms with van der Waals surface area (Å²) in [6, 6.07) is 17.5. The predicted octanol–water partition coefficient (Wildman–Crippen LogP) is 4.56. The zero-order valence-corrected chi connectivity index (χ0v) is 20.9. The molecule has 4 aromatic heterocycles. The molecule has 0 saturated heterocycles. The van der Waals surface area contributed by atoms with Gasteiger partial charge in [-0.1, -0.05) is 23.7 Å². The van der Waals surface area contributed by atoms with Crippen LogP contribution < -0.4 is 5.56 Å². The first kappa shape index (κ1) is 24.3. The summed E-state index contributed by atoms with van der Waals surface area (Å²) in [6.07, 6.45) is 6.68. The molecule has 0 saturated carbocycles. The number of halogens is 2. The minimum absolute atomic E-state index is 0.227. The molecule has 0 bridgehead atoms. The lowest BCUT2D eigenvalue weighted by molar-refractivity contribution is 0.410. The molecule has 10 nitrogen and oxygen atoms in total. The van der Waals surface area contributed by atoms with Crippen LogP contribution in [0.1, 0.15) is 17.5 Å². The molecule has 1 atom stereocenters. The van der Waals surface area contributed by atoms with Crippen molar-refractivity contribution in [2.75, 3.05) is 0 Å². The molecule has 0 aliphatic carbocycles. The molecule has 4 heterocycles. The molecule has 0 spiro atoms. The second-order valence-electron chi connectivity index (χ2n) is 8.61. The van der Waals surface area contributed by atoms with Crippen LogP contribution in [0.2, 0.25) is 5.02 Å². The summed E-state index contributed by atoms with van der Waals surface area (Å²) in [6.45, 7) is 0. The van der Waals surface area contributed by atoms with Gasteiger partial charge < -0.3 is 8.98 Å². The van der Waals surface area contributed by atoms with Gasteiger partial charge in [-0.25, -0.2) is 4.39 Å². The van der Waals surface area contributed by atoms with Crippen LogP contribution in [0, 0.1) is 5.82 Å². The fraction of sp³-hybridized carbons (Fsp3) is 0.0741. The Morgan fingerprint density at radius 3 is 2.62 bits per heavy atom. The highest BCUT2D eigenvalue weighted by Crippen LogP contribution is 2.30. The lowest BCUT2D eigenvalue weighted by Crippen LogP contribution is -2.26. The van der Waals surface area contributed by atoms with E-state index in [9.17, 15) is 9.18 Å². The lowest BCUT2D eigenvalue weighted by Gasteiger charge is -2.18. The van der Waals surface area contributed by atoms with Crippen LogP contribution >= 0.6 is 11.6 Å². The zero-order chi connectivity index (χ0) is 26.8. The Labute approximate surface area is 225 Å². The predicted molar refractivity (Wildman–Crippen MR) is 140 cm³/mol. The van der Waals surface area contributed by atoms with E-state index in [0.717, 1.165) is 5.56 Å². The van der Waals surface area contributed by atoms with Gasteiger partial charge in [-0.15, -0.1) is 15.3 Å². The highest BCUT2D eigenvalue weighted by atomic mass is 35.5. The molecule has 12 heteroatoms. The van der Waals surface area contributed by atoms with Gasteiger partial charge in [-0.2, -0.15) is 4.68 Å². The van der Waals surface area contributed by atoms with Crippen LogP contribution in [0.25, 0.3) is 28.3 Å². The van der Waals surface area contributed by atoms with Crippen LogP contribution in [0.3, 0.4) is 0 Å². The minimum atomic E-state index is -0.659. The Morgan fingerprint density at radius 1 is 1.00 bits per heavy atom. The van der Waals surface area contributed by atoms with Gasteiger partial charge in [0.05, 0.1) is 11.3 Å². The second kappa shape index (κ2) is 10.4. The summed E-state index contributed by atoms with van der Waals surface area (Å²) in [5.41, 5.74) is 3.06. The smallest absolute Gasteiger partial charge is 0.251 e. The summed E-state index contributed by atoms with van der Waals surface area (Å²) >= 11 is 6.28. The highest BCUT2D eigenvalue weighted by molar-refractivity contribution is 6.31. The van der Waals surface area contributed by atoms with Gasteiger partial charge in [0, 0.05) is 41.7 Å². The van der Waals surface area contributed by atoms with Crippen LogP contribution in [0.15, 0.2) is 101 Å². The van der Waals surface area contributed by atoms with Crippen molar-refractivity contribution in [3.63, 3.8) is 0 Å². The first-order chi connectivity index (χ1) is 19.0. The Morgan fingerprint density at radius 2 is 1.87 bits per heavy atom. The van der Waals surface area contributed by atoms with Crippen molar-refractivity contribution in [1.82, 2.24) is 40.0 Å². The van der Waals surface area contributed by atoms with Gasteiger partial charge in [0.2, 0.25) is 11.8 Å². The van der Waals surface area contributed by atoms with Gasteiger partial charge in [-0.05, 0) is 70.1 Å². The Kier molecular flexibility index (Phi) is 6.47. The Bertz CT molecular complexity index is 1790. The van der Waals surface area contributed by atoms with Gasteiger partial charge >= 0.3 is 0 Å². The van der Waals surface area contributed by atoms with Gasteiger partial charge in [-0.3, -0.25) is 9.78 Å². The fourth-order valence-corrected chi connectivity index (χ4v) is 4.42. The molecule has 0 aliphatic rings. The molecule has 39 heavy (non-hydrogen) atoms. The van der Waals surface area contributed by atoms with E-state index < -0.39 is 6.04 Å². The van der Waals surface area contributed by atoms with E-state index in [4.69, 9.17) is 16.0 Å². The van der Waals surface area contributed by atoms with E-state index in [0.29, 0.717) is 33.8 Å². The summed E-state index contributed by atoms with van der Waals surface area (Å²) in [4.78, 5) is 17.6. The van der Waals surface area contributed by atoms with E-state index in [1.54, 1.807) is 67.1 Å². The number of nitrogens with zero attached hydrogens (tertiary/aromatic N) is 8. The maximum atomic E-state index is 13.6. The molecule has 0 N–H and O–H groups in total. The fourth-order valence-electron chi connectivity index (χ4n) is 4.25. The number of benzene rings is 2. The average molecular weight is 541 g/mol. The molecule has 2 aromatic carbocycles. The number of aromatic nitrogens is 8. The number of hydrogen-bond acceptors (Lipinski definition) is 8. The number of tetrazole rings is 1. The van der Waals surface area contributed by atoms with E-state index in [1.807, 2.05) is 0 Å². The van der Waals surface area contributed by atoms with Crippen molar-refractivity contribution in [2.24, 2.45) is 0 Å². The number of pyridine rings is 2.